The van der Waals surface area contributed by atoms with Crippen molar-refractivity contribution in [2.45, 2.75) is 51.0 Å². The topological polar surface area (TPSA) is 97.6 Å². The van der Waals surface area contributed by atoms with Gasteiger partial charge in [0, 0.05) is 25.5 Å². The number of nitrogens with zero attached hydrogens (tertiary/aromatic N) is 5. The number of amides is 2. The summed E-state index contributed by atoms with van der Waals surface area (Å²) in [5.41, 5.74) is 1.82. The van der Waals surface area contributed by atoms with Crippen molar-refractivity contribution in [1.82, 2.24) is 24.3 Å². The van der Waals surface area contributed by atoms with Crippen molar-refractivity contribution in [3.05, 3.63) is 57.5 Å². The van der Waals surface area contributed by atoms with Crippen LogP contribution < -0.4 is 5.56 Å². The van der Waals surface area contributed by atoms with E-state index in [0.717, 1.165) is 18.4 Å². The van der Waals surface area contributed by atoms with Crippen LogP contribution in [-0.4, -0.2) is 54.9 Å². The van der Waals surface area contributed by atoms with Crippen molar-refractivity contribution in [1.29, 1.82) is 0 Å². The first-order chi connectivity index (χ1) is 14.5. The first-order valence-electron chi connectivity index (χ1n) is 10.1. The first-order valence-corrected chi connectivity index (χ1v) is 10.1. The lowest BCUT2D eigenvalue weighted by atomic mass is 9.98. The zero-order valence-corrected chi connectivity index (χ0v) is 16.9. The third-order valence-corrected chi connectivity index (χ3v) is 6.16. The molecule has 3 aliphatic rings. The van der Waals surface area contributed by atoms with Gasteiger partial charge in [0.15, 0.2) is 6.10 Å². The Kier molecular flexibility index (Phi) is 4.43. The van der Waals surface area contributed by atoms with Gasteiger partial charge in [0.25, 0.3) is 11.5 Å². The average molecular weight is 409 g/mol. The Labute approximate surface area is 173 Å². The lowest BCUT2D eigenvalue weighted by Gasteiger charge is -2.41. The number of ether oxygens (including phenoxy) is 1. The molecule has 1 saturated heterocycles. The summed E-state index contributed by atoms with van der Waals surface area (Å²) < 4.78 is 7.30. The molecule has 156 valence electrons. The van der Waals surface area contributed by atoms with E-state index in [2.05, 4.69) is 9.97 Å². The number of fused-ring (bicyclic) bond motifs is 1. The lowest BCUT2D eigenvalue weighted by Crippen LogP contribution is -2.55. The van der Waals surface area contributed by atoms with Crippen molar-refractivity contribution in [3.63, 3.8) is 0 Å². The van der Waals surface area contributed by atoms with Crippen LogP contribution in [0.2, 0.25) is 0 Å². The molecule has 5 rings (SSSR count). The Balaban J connectivity index is 1.47. The number of aryl methyl sites for hydroxylation is 1. The fourth-order valence-electron chi connectivity index (χ4n) is 4.37. The molecule has 30 heavy (non-hydrogen) atoms. The molecule has 4 heterocycles. The molecule has 1 saturated carbocycles. The number of aromatic nitrogens is 3. The van der Waals surface area contributed by atoms with E-state index in [0.29, 0.717) is 17.1 Å². The van der Waals surface area contributed by atoms with E-state index < -0.39 is 12.1 Å². The molecular formula is C21H23N5O4. The molecule has 2 aliphatic heterocycles. The summed E-state index contributed by atoms with van der Waals surface area (Å²) in [4.78, 5) is 50.9. The second-order valence-electron chi connectivity index (χ2n) is 8.14. The molecular weight excluding hydrogens is 386 g/mol. The molecule has 2 amide bonds. The highest BCUT2D eigenvalue weighted by atomic mass is 16.5. The minimum Gasteiger partial charge on any atom is -0.356 e. The SMILES string of the molecule is Cc1nc2c(c(=O)n1C)CN(C(=O)[C@H]1OCC(=O)N(C3CC3)[C@@H]1c1cccnc1)C2. The van der Waals surface area contributed by atoms with Crippen molar-refractivity contribution in [2.24, 2.45) is 7.05 Å². The largest absolute Gasteiger partial charge is 0.356 e. The van der Waals surface area contributed by atoms with Gasteiger partial charge in [-0.2, -0.15) is 0 Å². The molecule has 2 aromatic rings. The third-order valence-electron chi connectivity index (χ3n) is 6.16. The zero-order chi connectivity index (χ0) is 21.0. The molecule has 0 radical (unpaired) electrons. The number of rotatable bonds is 3. The van der Waals surface area contributed by atoms with Crippen LogP contribution >= 0.6 is 0 Å². The van der Waals surface area contributed by atoms with E-state index in [-0.39, 0.29) is 43.1 Å². The van der Waals surface area contributed by atoms with Crippen molar-refractivity contribution < 1.29 is 14.3 Å². The molecule has 0 aromatic carbocycles. The molecule has 0 spiro atoms. The Morgan fingerprint density at radius 3 is 2.73 bits per heavy atom. The Bertz CT molecular complexity index is 1080. The second kappa shape index (κ2) is 7.02. The van der Waals surface area contributed by atoms with Crippen LogP contribution in [0.15, 0.2) is 29.3 Å². The number of pyridine rings is 1. The molecule has 2 atom stereocenters. The number of hydrogen-bond acceptors (Lipinski definition) is 6. The van der Waals surface area contributed by atoms with Gasteiger partial charge < -0.3 is 14.5 Å². The molecule has 0 N–H and O–H groups in total. The molecule has 0 unspecified atom stereocenters. The summed E-state index contributed by atoms with van der Waals surface area (Å²) in [5.74, 6) is 0.270. The summed E-state index contributed by atoms with van der Waals surface area (Å²) in [6, 6.07) is 3.27. The van der Waals surface area contributed by atoms with Gasteiger partial charge in [0.1, 0.15) is 12.4 Å². The van der Waals surface area contributed by atoms with Gasteiger partial charge in [-0.25, -0.2) is 4.98 Å². The number of morpholine rings is 1. The number of carbonyl (C=O) groups is 2. The van der Waals surface area contributed by atoms with Crippen LogP contribution in [0.1, 0.15) is 41.5 Å². The highest BCUT2D eigenvalue weighted by Gasteiger charge is 2.49. The lowest BCUT2D eigenvalue weighted by molar-refractivity contribution is -0.170. The van der Waals surface area contributed by atoms with Crippen LogP contribution in [0.25, 0.3) is 0 Å². The van der Waals surface area contributed by atoms with E-state index in [4.69, 9.17) is 4.74 Å². The Hall–Kier alpha value is -3.07. The van der Waals surface area contributed by atoms with Crippen molar-refractivity contribution >= 4 is 11.8 Å². The quantitative estimate of drug-likeness (QED) is 0.731. The van der Waals surface area contributed by atoms with Crippen LogP contribution in [0, 0.1) is 6.92 Å². The van der Waals surface area contributed by atoms with Crippen LogP contribution in [0.4, 0.5) is 0 Å². The van der Waals surface area contributed by atoms with Gasteiger partial charge >= 0.3 is 0 Å². The van der Waals surface area contributed by atoms with Gasteiger partial charge in [0.05, 0.1) is 30.4 Å². The highest BCUT2D eigenvalue weighted by Crippen LogP contribution is 2.40. The zero-order valence-electron chi connectivity index (χ0n) is 16.9. The maximum Gasteiger partial charge on any atom is 0.258 e. The number of hydrogen-bond donors (Lipinski definition) is 0. The van der Waals surface area contributed by atoms with Gasteiger partial charge in [-0.05, 0) is 31.4 Å². The van der Waals surface area contributed by atoms with Gasteiger partial charge in [-0.3, -0.25) is 23.9 Å². The molecule has 0 bridgehead atoms. The third kappa shape index (κ3) is 3.00. The van der Waals surface area contributed by atoms with Gasteiger partial charge in [-0.1, -0.05) is 6.07 Å². The first kappa shape index (κ1) is 18.9. The van der Waals surface area contributed by atoms with Crippen molar-refractivity contribution in [3.8, 4) is 0 Å². The van der Waals surface area contributed by atoms with Gasteiger partial charge in [0.2, 0.25) is 5.91 Å². The van der Waals surface area contributed by atoms with E-state index in [1.807, 2.05) is 6.07 Å². The minimum absolute atomic E-state index is 0.105. The van der Waals surface area contributed by atoms with Crippen LogP contribution in [0.3, 0.4) is 0 Å². The molecule has 9 heteroatoms. The summed E-state index contributed by atoms with van der Waals surface area (Å²) in [5, 5.41) is 0. The van der Waals surface area contributed by atoms with E-state index in [1.54, 1.807) is 42.2 Å². The van der Waals surface area contributed by atoms with Crippen LogP contribution in [0.5, 0.6) is 0 Å². The minimum atomic E-state index is -0.841. The molecule has 1 aliphatic carbocycles. The fourth-order valence-corrected chi connectivity index (χ4v) is 4.37. The highest BCUT2D eigenvalue weighted by molar-refractivity contribution is 5.87. The maximum atomic E-state index is 13.5. The fraction of sp³-hybridized carbons (Fsp3) is 0.476. The monoisotopic (exact) mass is 409 g/mol. The average Bonchev–Trinajstić information content (AvgIpc) is 3.50. The predicted molar refractivity (Wildman–Crippen MR) is 105 cm³/mol. The summed E-state index contributed by atoms with van der Waals surface area (Å²) >= 11 is 0. The van der Waals surface area contributed by atoms with E-state index in [9.17, 15) is 14.4 Å². The molecule has 9 nitrogen and oxygen atoms in total. The Morgan fingerprint density at radius 2 is 2.03 bits per heavy atom. The second-order valence-corrected chi connectivity index (χ2v) is 8.14. The smallest absolute Gasteiger partial charge is 0.258 e. The molecule has 2 aromatic heterocycles. The molecule has 2 fully saturated rings. The summed E-state index contributed by atoms with van der Waals surface area (Å²) in [6.45, 7) is 2.12. The van der Waals surface area contributed by atoms with E-state index >= 15 is 0 Å². The van der Waals surface area contributed by atoms with E-state index in [1.165, 1.54) is 4.57 Å². The van der Waals surface area contributed by atoms with Crippen LogP contribution in [-0.2, 0) is 34.5 Å². The summed E-state index contributed by atoms with van der Waals surface area (Å²) in [6.07, 6.45) is 4.36. The normalized spacial score (nSPS) is 23.6. The summed E-state index contributed by atoms with van der Waals surface area (Å²) in [7, 11) is 1.68. The van der Waals surface area contributed by atoms with Gasteiger partial charge in [-0.15, -0.1) is 0 Å². The number of carbonyl (C=O) groups excluding carboxylic acids is 2. The Morgan fingerprint density at radius 1 is 1.23 bits per heavy atom. The standard InChI is InChI=1S/C21H23N5O4/c1-12-23-16-10-25(9-15(16)20(28)24(12)2)21(29)19-18(13-4-3-7-22-8-13)26(14-5-6-14)17(27)11-30-19/h3-4,7-8,14,18-19H,5-6,9-11H2,1-2H3/t18-,19+/m1/s1. The maximum absolute atomic E-state index is 13.5. The predicted octanol–water partition coefficient (Wildman–Crippen LogP) is 0.457. The van der Waals surface area contributed by atoms with Crippen molar-refractivity contribution in [2.75, 3.05) is 6.61 Å².